The zero-order valence-electron chi connectivity index (χ0n) is 11.6. The number of ether oxygens (including phenoxy) is 2. The molecule has 0 aliphatic carbocycles. The Hall–Kier alpha value is -1.79. The quantitative estimate of drug-likeness (QED) is 0.801. The lowest BCUT2D eigenvalue weighted by Crippen LogP contribution is -2.27. The van der Waals surface area contributed by atoms with Crippen molar-refractivity contribution in [1.82, 2.24) is 5.32 Å². The van der Waals surface area contributed by atoms with Gasteiger partial charge in [-0.2, -0.15) is 0 Å². The summed E-state index contributed by atoms with van der Waals surface area (Å²) in [4.78, 5) is 12.6. The number of hydrogen-bond donors (Lipinski definition) is 2. The zero-order chi connectivity index (χ0) is 14.5. The Morgan fingerprint density at radius 3 is 2.95 bits per heavy atom. The van der Waals surface area contributed by atoms with Gasteiger partial charge >= 0.3 is 0 Å². The van der Waals surface area contributed by atoms with Crippen LogP contribution >= 0.6 is 11.3 Å². The predicted molar refractivity (Wildman–Crippen MR) is 81.6 cm³/mol. The average molecular weight is 294 g/mol. The fraction of sp³-hybridized carbons (Fsp3) is 0.357. The van der Waals surface area contributed by atoms with Crippen LogP contribution in [0.1, 0.15) is 16.6 Å². The number of nitrogens with two attached hydrogens (primary N) is 1. The van der Waals surface area contributed by atoms with Gasteiger partial charge in [0.1, 0.15) is 10.6 Å². The molecule has 0 aliphatic rings. The summed E-state index contributed by atoms with van der Waals surface area (Å²) in [6.45, 7) is 3.52. The molecule has 1 aromatic heterocycles. The fourth-order valence-electron chi connectivity index (χ4n) is 1.94. The molecule has 1 heterocycles. The summed E-state index contributed by atoms with van der Waals surface area (Å²) in [5.41, 5.74) is 6.55. The highest BCUT2D eigenvalue weighted by molar-refractivity contribution is 7.21. The second-order valence-electron chi connectivity index (χ2n) is 4.13. The van der Waals surface area contributed by atoms with Gasteiger partial charge in [0.2, 0.25) is 0 Å². The molecule has 0 saturated carbocycles. The van der Waals surface area contributed by atoms with Crippen molar-refractivity contribution >= 4 is 33.0 Å². The third-order valence-electron chi connectivity index (χ3n) is 2.88. The van der Waals surface area contributed by atoms with E-state index in [1.165, 1.54) is 11.3 Å². The highest BCUT2D eigenvalue weighted by Gasteiger charge is 2.18. The maximum Gasteiger partial charge on any atom is 0.263 e. The minimum absolute atomic E-state index is 0.176. The first-order valence-corrected chi connectivity index (χ1v) is 7.21. The summed E-state index contributed by atoms with van der Waals surface area (Å²) in [6, 6.07) is 5.64. The molecule has 0 atom stereocenters. The van der Waals surface area contributed by atoms with E-state index in [1.807, 2.05) is 25.1 Å². The third kappa shape index (κ3) is 2.86. The van der Waals surface area contributed by atoms with E-state index < -0.39 is 0 Å². The van der Waals surface area contributed by atoms with Crippen molar-refractivity contribution in [2.24, 2.45) is 0 Å². The number of hydrogen-bond acceptors (Lipinski definition) is 5. The molecular weight excluding hydrogens is 276 g/mol. The molecule has 6 heteroatoms. The first kappa shape index (κ1) is 14.6. The highest BCUT2D eigenvalue weighted by Crippen LogP contribution is 2.39. The maximum absolute atomic E-state index is 12.1. The summed E-state index contributed by atoms with van der Waals surface area (Å²) < 4.78 is 11.4. The fourth-order valence-corrected chi connectivity index (χ4v) is 3.00. The van der Waals surface area contributed by atoms with Crippen LogP contribution in [0.5, 0.6) is 5.75 Å². The van der Waals surface area contributed by atoms with Gasteiger partial charge in [0.25, 0.3) is 5.91 Å². The van der Waals surface area contributed by atoms with Crippen LogP contribution in [0, 0.1) is 0 Å². The molecule has 5 nitrogen and oxygen atoms in total. The van der Waals surface area contributed by atoms with E-state index in [2.05, 4.69) is 5.32 Å². The summed E-state index contributed by atoms with van der Waals surface area (Å²) in [5, 5.41) is 3.60. The van der Waals surface area contributed by atoms with Gasteiger partial charge in [-0.3, -0.25) is 4.79 Å². The lowest BCUT2D eigenvalue weighted by Gasteiger charge is -2.05. The summed E-state index contributed by atoms with van der Waals surface area (Å²) in [6.07, 6.45) is 0. The Labute approximate surface area is 121 Å². The topological polar surface area (TPSA) is 73.6 Å². The molecule has 0 fully saturated rings. The zero-order valence-corrected chi connectivity index (χ0v) is 12.4. The van der Waals surface area contributed by atoms with Gasteiger partial charge in [0, 0.05) is 17.9 Å². The molecule has 0 aliphatic heterocycles. The number of anilines is 1. The SMILES string of the molecule is CCOCCNC(=O)c1sc2cccc(OC)c2c1N. The van der Waals surface area contributed by atoms with E-state index in [0.29, 0.717) is 36.1 Å². The minimum Gasteiger partial charge on any atom is -0.496 e. The molecule has 1 amide bonds. The molecule has 0 radical (unpaired) electrons. The van der Waals surface area contributed by atoms with E-state index in [9.17, 15) is 4.79 Å². The second-order valence-corrected chi connectivity index (χ2v) is 5.18. The van der Waals surface area contributed by atoms with Crippen LogP contribution in [-0.2, 0) is 4.74 Å². The van der Waals surface area contributed by atoms with Crippen molar-refractivity contribution < 1.29 is 14.3 Å². The molecule has 20 heavy (non-hydrogen) atoms. The monoisotopic (exact) mass is 294 g/mol. The maximum atomic E-state index is 12.1. The van der Waals surface area contributed by atoms with Crippen molar-refractivity contribution in [2.45, 2.75) is 6.92 Å². The molecule has 1 aromatic carbocycles. The number of nitrogen functional groups attached to an aromatic ring is 1. The molecule has 0 spiro atoms. The Bertz CT molecular complexity index is 610. The van der Waals surface area contributed by atoms with Crippen LogP contribution in [0.15, 0.2) is 18.2 Å². The van der Waals surface area contributed by atoms with Crippen LogP contribution in [0.25, 0.3) is 10.1 Å². The Balaban J connectivity index is 2.22. The number of fused-ring (bicyclic) bond motifs is 1. The largest absolute Gasteiger partial charge is 0.496 e. The highest BCUT2D eigenvalue weighted by atomic mass is 32.1. The van der Waals surface area contributed by atoms with Gasteiger partial charge < -0.3 is 20.5 Å². The van der Waals surface area contributed by atoms with Gasteiger partial charge in [-0.25, -0.2) is 0 Å². The number of amides is 1. The number of thiophene rings is 1. The molecule has 2 rings (SSSR count). The lowest BCUT2D eigenvalue weighted by atomic mass is 10.2. The van der Waals surface area contributed by atoms with Crippen molar-refractivity contribution in [1.29, 1.82) is 0 Å². The van der Waals surface area contributed by atoms with Crippen LogP contribution in [-0.4, -0.2) is 32.8 Å². The molecule has 0 saturated heterocycles. The molecular formula is C14H18N2O3S. The van der Waals surface area contributed by atoms with E-state index >= 15 is 0 Å². The Kier molecular flexibility index (Phi) is 4.81. The van der Waals surface area contributed by atoms with Gasteiger partial charge in [0.15, 0.2) is 0 Å². The smallest absolute Gasteiger partial charge is 0.263 e. The van der Waals surface area contributed by atoms with Crippen molar-refractivity contribution in [3.05, 3.63) is 23.1 Å². The Morgan fingerprint density at radius 1 is 1.45 bits per heavy atom. The standard InChI is InChI=1S/C14H18N2O3S/c1-3-19-8-7-16-14(17)13-12(15)11-9(18-2)5-4-6-10(11)20-13/h4-6H,3,7-8,15H2,1-2H3,(H,16,17). The van der Waals surface area contributed by atoms with E-state index in [4.69, 9.17) is 15.2 Å². The summed E-state index contributed by atoms with van der Waals surface area (Å²) in [5.74, 6) is 0.509. The third-order valence-corrected chi connectivity index (χ3v) is 4.05. The van der Waals surface area contributed by atoms with Gasteiger partial charge in [-0.05, 0) is 19.1 Å². The van der Waals surface area contributed by atoms with Gasteiger partial charge in [-0.1, -0.05) is 6.07 Å². The lowest BCUT2D eigenvalue weighted by molar-refractivity contribution is 0.0927. The van der Waals surface area contributed by atoms with Crippen LogP contribution in [0.2, 0.25) is 0 Å². The molecule has 0 unspecified atom stereocenters. The summed E-state index contributed by atoms with van der Waals surface area (Å²) >= 11 is 1.37. The van der Waals surface area contributed by atoms with Crippen LogP contribution < -0.4 is 15.8 Å². The minimum atomic E-state index is -0.176. The van der Waals surface area contributed by atoms with Crippen LogP contribution in [0.4, 0.5) is 5.69 Å². The normalized spacial score (nSPS) is 10.7. The predicted octanol–water partition coefficient (Wildman–Crippen LogP) is 2.26. The number of benzene rings is 1. The average Bonchev–Trinajstić information content (AvgIpc) is 2.81. The van der Waals surface area contributed by atoms with Crippen molar-refractivity contribution in [3.8, 4) is 5.75 Å². The van der Waals surface area contributed by atoms with Gasteiger partial charge in [0.05, 0.1) is 24.8 Å². The molecule has 2 aromatic rings. The van der Waals surface area contributed by atoms with E-state index in [1.54, 1.807) is 7.11 Å². The van der Waals surface area contributed by atoms with E-state index in [-0.39, 0.29) is 5.91 Å². The molecule has 3 N–H and O–H groups in total. The number of carbonyl (C=O) groups excluding carboxylic acids is 1. The summed E-state index contributed by atoms with van der Waals surface area (Å²) in [7, 11) is 1.59. The number of methoxy groups -OCH3 is 1. The molecule has 108 valence electrons. The number of carbonyl (C=O) groups is 1. The van der Waals surface area contributed by atoms with Crippen LogP contribution in [0.3, 0.4) is 0 Å². The Morgan fingerprint density at radius 2 is 2.25 bits per heavy atom. The van der Waals surface area contributed by atoms with Crippen molar-refractivity contribution in [3.63, 3.8) is 0 Å². The molecule has 0 bridgehead atoms. The number of nitrogens with one attached hydrogen (secondary N) is 1. The second kappa shape index (κ2) is 6.58. The van der Waals surface area contributed by atoms with E-state index in [0.717, 1.165) is 10.1 Å². The first-order chi connectivity index (χ1) is 9.69. The number of rotatable bonds is 6. The van der Waals surface area contributed by atoms with Crippen molar-refractivity contribution in [2.75, 3.05) is 32.6 Å². The van der Waals surface area contributed by atoms with Gasteiger partial charge in [-0.15, -0.1) is 11.3 Å². The first-order valence-electron chi connectivity index (χ1n) is 6.40.